The van der Waals surface area contributed by atoms with Crippen LogP contribution in [0.4, 0.5) is 0 Å². The highest BCUT2D eigenvalue weighted by Gasteiger charge is 2.28. The Balaban J connectivity index is 1.82. The number of amides is 1. The Hall–Kier alpha value is -2.12. The minimum Gasteiger partial charge on any atom is -0.451 e. The molecule has 7 heteroatoms. The molecule has 0 spiro atoms. The Morgan fingerprint density at radius 2 is 1.75 bits per heavy atom. The highest BCUT2D eigenvalue weighted by atomic mass is 32.2. The lowest BCUT2D eigenvalue weighted by Gasteiger charge is -2.29. The van der Waals surface area contributed by atoms with Gasteiger partial charge in [0.05, 0.1) is 4.90 Å². The first-order valence-electron chi connectivity index (χ1n) is 7.88. The van der Waals surface area contributed by atoms with Gasteiger partial charge in [0.15, 0.2) is 5.76 Å². The molecule has 1 aliphatic rings. The number of furan rings is 1. The van der Waals surface area contributed by atoms with E-state index in [4.69, 9.17) is 10.2 Å². The van der Waals surface area contributed by atoms with Gasteiger partial charge in [0, 0.05) is 18.7 Å². The maximum Gasteiger partial charge on any atom is 0.284 e. The van der Waals surface area contributed by atoms with Crippen LogP contribution in [0.2, 0.25) is 0 Å². The number of benzene rings is 1. The fraction of sp³-hybridized carbons (Fsp3) is 0.353. The van der Waals surface area contributed by atoms with Gasteiger partial charge in [-0.3, -0.25) is 4.79 Å². The minimum atomic E-state index is -3.46. The highest BCUT2D eigenvalue weighted by Crippen LogP contribution is 2.27. The SMILES string of the molecule is CC1CCN(S(=O)(=O)c2ccc(-c3ccc(C(N)=O)o3)cc2)CC1. The number of hydrogen-bond acceptors (Lipinski definition) is 4. The first-order chi connectivity index (χ1) is 11.4. The summed E-state index contributed by atoms with van der Waals surface area (Å²) in [6.45, 7) is 3.26. The summed E-state index contributed by atoms with van der Waals surface area (Å²) in [6, 6.07) is 9.60. The van der Waals surface area contributed by atoms with Crippen LogP contribution in [0.1, 0.15) is 30.3 Å². The number of piperidine rings is 1. The normalized spacial score (nSPS) is 17.0. The maximum atomic E-state index is 12.7. The van der Waals surface area contributed by atoms with Crippen molar-refractivity contribution in [2.75, 3.05) is 13.1 Å². The zero-order chi connectivity index (χ0) is 17.3. The Morgan fingerprint density at radius 1 is 1.12 bits per heavy atom. The van der Waals surface area contributed by atoms with E-state index in [0.717, 1.165) is 12.8 Å². The fourth-order valence-electron chi connectivity index (χ4n) is 2.79. The van der Waals surface area contributed by atoms with Gasteiger partial charge in [-0.2, -0.15) is 4.31 Å². The van der Waals surface area contributed by atoms with Crippen molar-refractivity contribution in [2.45, 2.75) is 24.7 Å². The first-order valence-corrected chi connectivity index (χ1v) is 9.32. The minimum absolute atomic E-state index is 0.0733. The van der Waals surface area contributed by atoms with E-state index in [2.05, 4.69) is 6.92 Å². The molecule has 1 aliphatic heterocycles. The van der Waals surface area contributed by atoms with E-state index in [1.54, 1.807) is 34.6 Å². The molecule has 0 atom stereocenters. The molecule has 0 aliphatic carbocycles. The topological polar surface area (TPSA) is 93.6 Å². The van der Waals surface area contributed by atoms with Gasteiger partial charge in [0.2, 0.25) is 10.0 Å². The number of primary amides is 1. The molecule has 6 nitrogen and oxygen atoms in total. The van der Waals surface area contributed by atoms with Crippen molar-refractivity contribution in [3.8, 4) is 11.3 Å². The average Bonchev–Trinajstić information content (AvgIpc) is 3.06. The first kappa shape index (κ1) is 16.7. The van der Waals surface area contributed by atoms with Crippen LogP contribution in [-0.4, -0.2) is 31.7 Å². The van der Waals surface area contributed by atoms with Crippen molar-refractivity contribution in [2.24, 2.45) is 11.7 Å². The van der Waals surface area contributed by atoms with E-state index in [-0.39, 0.29) is 10.7 Å². The summed E-state index contributed by atoms with van der Waals surface area (Å²) in [6.07, 6.45) is 1.78. The molecular formula is C17H20N2O4S. The molecule has 0 bridgehead atoms. The number of nitrogens with two attached hydrogens (primary N) is 1. The smallest absolute Gasteiger partial charge is 0.284 e. The summed E-state index contributed by atoms with van der Waals surface area (Å²) < 4.78 is 32.2. The highest BCUT2D eigenvalue weighted by molar-refractivity contribution is 7.89. The van der Waals surface area contributed by atoms with Gasteiger partial charge in [0.1, 0.15) is 5.76 Å². The van der Waals surface area contributed by atoms with Crippen LogP contribution >= 0.6 is 0 Å². The van der Waals surface area contributed by atoms with E-state index >= 15 is 0 Å². The van der Waals surface area contributed by atoms with Gasteiger partial charge in [-0.1, -0.05) is 6.92 Å². The zero-order valence-electron chi connectivity index (χ0n) is 13.4. The predicted molar refractivity (Wildman–Crippen MR) is 89.8 cm³/mol. The van der Waals surface area contributed by atoms with Gasteiger partial charge in [-0.25, -0.2) is 8.42 Å². The maximum absolute atomic E-state index is 12.7. The molecule has 0 radical (unpaired) electrons. The van der Waals surface area contributed by atoms with Crippen molar-refractivity contribution < 1.29 is 17.6 Å². The number of carbonyl (C=O) groups excluding carboxylic acids is 1. The summed E-state index contributed by atoms with van der Waals surface area (Å²) in [4.78, 5) is 11.3. The van der Waals surface area contributed by atoms with Crippen LogP contribution < -0.4 is 5.73 Å². The van der Waals surface area contributed by atoms with Crippen molar-refractivity contribution in [3.63, 3.8) is 0 Å². The second-order valence-electron chi connectivity index (χ2n) is 6.14. The average molecular weight is 348 g/mol. The molecule has 1 amide bonds. The standard InChI is InChI=1S/C17H20N2O4S/c1-12-8-10-19(11-9-12)24(21,22)14-4-2-13(3-5-14)15-6-7-16(23-15)17(18)20/h2-7,12H,8-11H2,1H3,(H2,18,20). The van der Waals surface area contributed by atoms with Crippen LogP contribution in [0.5, 0.6) is 0 Å². The van der Waals surface area contributed by atoms with Crippen LogP contribution in [0.25, 0.3) is 11.3 Å². The quantitative estimate of drug-likeness (QED) is 0.918. The summed E-state index contributed by atoms with van der Waals surface area (Å²) in [7, 11) is -3.46. The van der Waals surface area contributed by atoms with Gasteiger partial charge < -0.3 is 10.2 Å². The molecule has 1 fully saturated rings. The second-order valence-corrected chi connectivity index (χ2v) is 8.08. The van der Waals surface area contributed by atoms with Gasteiger partial charge in [-0.05, 0) is 55.2 Å². The lowest BCUT2D eigenvalue weighted by Crippen LogP contribution is -2.37. The van der Waals surface area contributed by atoms with Gasteiger partial charge in [-0.15, -0.1) is 0 Å². The predicted octanol–water partition coefficient (Wildman–Crippen LogP) is 2.47. The van der Waals surface area contributed by atoms with Crippen LogP contribution in [0.15, 0.2) is 45.7 Å². The summed E-state index contributed by atoms with van der Waals surface area (Å²) in [5, 5.41) is 0. The third kappa shape index (κ3) is 3.22. The Morgan fingerprint density at radius 3 is 2.29 bits per heavy atom. The van der Waals surface area contributed by atoms with Crippen LogP contribution in [0, 0.1) is 5.92 Å². The molecule has 24 heavy (non-hydrogen) atoms. The van der Waals surface area contributed by atoms with Gasteiger partial charge in [0.25, 0.3) is 5.91 Å². The van der Waals surface area contributed by atoms with Gasteiger partial charge >= 0.3 is 0 Å². The van der Waals surface area contributed by atoms with Crippen molar-refractivity contribution >= 4 is 15.9 Å². The number of hydrogen-bond donors (Lipinski definition) is 1. The molecule has 2 heterocycles. The molecule has 0 saturated carbocycles. The molecule has 2 aromatic rings. The molecule has 1 aromatic heterocycles. The number of nitrogens with zero attached hydrogens (tertiary/aromatic N) is 1. The number of carbonyl (C=O) groups is 1. The molecular weight excluding hydrogens is 328 g/mol. The van der Waals surface area contributed by atoms with E-state index in [1.807, 2.05) is 0 Å². The summed E-state index contributed by atoms with van der Waals surface area (Å²) >= 11 is 0. The van der Waals surface area contributed by atoms with Crippen molar-refractivity contribution in [1.82, 2.24) is 4.31 Å². The Bertz CT molecular complexity index is 832. The van der Waals surface area contributed by atoms with Crippen LogP contribution in [-0.2, 0) is 10.0 Å². The van der Waals surface area contributed by atoms with E-state index in [1.165, 1.54) is 6.07 Å². The second kappa shape index (κ2) is 6.41. The molecule has 128 valence electrons. The molecule has 0 unspecified atom stereocenters. The lowest BCUT2D eigenvalue weighted by molar-refractivity contribution is 0.0974. The van der Waals surface area contributed by atoms with Crippen molar-refractivity contribution in [1.29, 1.82) is 0 Å². The van der Waals surface area contributed by atoms with E-state index in [0.29, 0.717) is 30.3 Å². The largest absolute Gasteiger partial charge is 0.451 e. The summed E-state index contributed by atoms with van der Waals surface area (Å²) in [5.41, 5.74) is 5.85. The molecule has 1 saturated heterocycles. The number of sulfonamides is 1. The number of rotatable bonds is 4. The molecule has 2 N–H and O–H groups in total. The molecule has 3 rings (SSSR count). The van der Waals surface area contributed by atoms with E-state index in [9.17, 15) is 13.2 Å². The van der Waals surface area contributed by atoms with Crippen molar-refractivity contribution in [3.05, 3.63) is 42.2 Å². The zero-order valence-corrected chi connectivity index (χ0v) is 14.3. The molecule has 1 aromatic carbocycles. The third-order valence-corrected chi connectivity index (χ3v) is 6.28. The Kier molecular flexibility index (Phi) is 4.47. The third-order valence-electron chi connectivity index (χ3n) is 4.37. The van der Waals surface area contributed by atoms with E-state index < -0.39 is 15.9 Å². The monoisotopic (exact) mass is 348 g/mol. The Labute approximate surface area is 141 Å². The lowest BCUT2D eigenvalue weighted by atomic mass is 10.0. The summed E-state index contributed by atoms with van der Waals surface area (Å²) in [5.74, 6) is 0.473. The van der Waals surface area contributed by atoms with Crippen LogP contribution in [0.3, 0.4) is 0 Å². The fourth-order valence-corrected chi connectivity index (χ4v) is 4.26.